The molecule has 0 spiro atoms. The van der Waals surface area contributed by atoms with Gasteiger partial charge in [0.25, 0.3) is 0 Å². The molecule has 1 aromatic rings. The SMILES string of the molecule is FC(F)(F)c1ccnc(CBr)c1Br. The normalized spacial score (nSPS) is 11.8. The second-order valence-electron chi connectivity index (χ2n) is 2.25. The molecule has 0 saturated heterocycles. The first-order valence-corrected chi connectivity index (χ1v) is 5.15. The van der Waals surface area contributed by atoms with Gasteiger partial charge in [0.1, 0.15) is 0 Å². The smallest absolute Gasteiger partial charge is 0.259 e. The lowest BCUT2D eigenvalue weighted by atomic mass is 10.2. The summed E-state index contributed by atoms with van der Waals surface area (Å²) in [6.45, 7) is 0. The highest BCUT2D eigenvalue weighted by atomic mass is 79.9. The van der Waals surface area contributed by atoms with Crippen molar-refractivity contribution in [1.82, 2.24) is 4.98 Å². The molecule has 0 radical (unpaired) electrons. The van der Waals surface area contributed by atoms with Crippen LogP contribution in [0, 0.1) is 0 Å². The van der Waals surface area contributed by atoms with Crippen molar-refractivity contribution in [3.63, 3.8) is 0 Å². The van der Waals surface area contributed by atoms with E-state index in [0.717, 1.165) is 12.3 Å². The number of hydrogen-bond acceptors (Lipinski definition) is 1. The van der Waals surface area contributed by atoms with E-state index < -0.39 is 11.7 Å². The Morgan fingerprint density at radius 3 is 2.46 bits per heavy atom. The first-order valence-electron chi connectivity index (χ1n) is 3.23. The quantitative estimate of drug-likeness (QED) is 0.719. The molecule has 0 amide bonds. The van der Waals surface area contributed by atoms with E-state index in [0.29, 0.717) is 5.69 Å². The molecule has 1 aromatic heterocycles. The van der Waals surface area contributed by atoms with E-state index in [-0.39, 0.29) is 9.80 Å². The molecule has 0 saturated carbocycles. The monoisotopic (exact) mass is 317 g/mol. The largest absolute Gasteiger partial charge is 0.417 e. The van der Waals surface area contributed by atoms with Gasteiger partial charge in [-0.15, -0.1) is 0 Å². The predicted molar refractivity (Wildman–Crippen MR) is 49.6 cm³/mol. The summed E-state index contributed by atoms with van der Waals surface area (Å²) in [7, 11) is 0. The van der Waals surface area contributed by atoms with Gasteiger partial charge in [0.15, 0.2) is 0 Å². The lowest BCUT2D eigenvalue weighted by molar-refractivity contribution is -0.138. The van der Waals surface area contributed by atoms with Crippen LogP contribution in [0.3, 0.4) is 0 Å². The third-order valence-electron chi connectivity index (χ3n) is 1.39. The van der Waals surface area contributed by atoms with Gasteiger partial charge in [-0.25, -0.2) is 0 Å². The molecular weight excluding hydrogens is 315 g/mol. The van der Waals surface area contributed by atoms with Crippen molar-refractivity contribution in [1.29, 1.82) is 0 Å². The molecule has 0 aliphatic heterocycles. The van der Waals surface area contributed by atoms with Gasteiger partial charge in [-0.2, -0.15) is 13.2 Å². The molecule has 1 rings (SSSR count). The third kappa shape index (κ3) is 2.43. The first kappa shape index (κ1) is 11.0. The lowest BCUT2D eigenvalue weighted by Crippen LogP contribution is -2.07. The fourth-order valence-corrected chi connectivity index (χ4v) is 2.20. The predicted octanol–water partition coefficient (Wildman–Crippen LogP) is 3.76. The van der Waals surface area contributed by atoms with E-state index >= 15 is 0 Å². The molecule has 0 N–H and O–H groups in total. The zero-order chi connectivity index (χ0) is 10.1. The van der Waals surface area contributed by atoms with Gasteiger partial charge in [-0.05, 0) is 22.0 Å². The second-order valence-corrected chi connectivity index (χ2v) is 3.60. The fraction of sp³-hybridized carbons (Fsp3) is 0.286. The zero-order valence-corrected chi connectivity index (χ0v) is 9.37. The maximum absolute atomic E-state index is 12.3. The van der Waals surface area contributed by atoms with Crippen molar-refractivity contribution in [2.75, 3.05) is 0 Å². The van der Waals surface area contributed by atoms with Crippen LogP contribution in [-0.4, -0.2) is 4.98 Å². The maximum Gasteiger partial charge on any atom is 0.417 e. The highest BCUT2D eigenvalue weighted by Crippen LogP contribution is 2.35. The summed E-state index contributed by atoms with van der Waals surface area (Å²) in [5, 5.41) is 0.289. The molecule has 0 atom stereocenters. The lowest BCUT2D eigenvalue weighted by Gasteiger charge is -2.10. The van der Waals surface area contributed by atoms with Gasteiger partial charge in [-0.3, -0.25) is 4.98 Å². The molecule has 1 heterocycles. The highest BCUT2D eigenvalue weighted by Gasteiger charge is 2.33. The summed E-state index contributed by atoms with van der Waals surface area (Å²) in [4.78, 5) is 3.78. The van der Waals surface area contributed by atoms with Gasteiger partial charge in [0.2, 0.25) is 0 Å². The van der Waals surface area contributed by atoms with Crippen LogP contribution in [0.25, 0.3) is 0 Å². The average molecular weight is 319 g/mol. The summed E-state index contributed by atoms with van der Waals surface area (Å²) in [6, 6.07) is 0.941. The Morgan fingerprint density at radius 1 is 1.38 bits per heavy atom. The zero-order valence-electron chi connectivity index (χ0n) is 6.20. The van der Waals surface area contributed by atoms with Gasteiger partial charge < -0.3 is 0 Å². The molecular formula is C7H4Br2F3N. The highest BCUT2D eigenvalue weighted by molar-refractivity contribution is 9.10. The Labute approximate surface area is 89.6 Å². The van der Waals surface area contributed by atoms with Crippen LogP contribution in [0.1, 0.15) is 11.3 Å². The van der Waals surface area contributed by atoms with E-state index in [4.69, 9.17) is 0 Å². The molecule has 72 valence electrons. The fourth-order valence-electron chi connectivity index (χ4n) is 0.799. The van der Waals surface area contributed by atoms with Crippen LogP contribution in [0.4, 0.5) is 13.2 Å². The molecule has 0 bridgehead atoms. The molecule has 0 aromatic carbocycles. The second kappa shape index (κ2) is 3.96. The first-order chi connectivity index (χ1) is 5.96. The Balaban J connectivity index is 3.24. The van der Waals surface area contributed by atoms with Gasteiger partial charge in [-0.1, -0.05) is 15.9 Å². The molecule has 0 aliphatic rings. The summed E-state index contributed by atoms with van der Waals surface area (Å²) >= 11 is 5.91. The minimum atomic E-state index is -4.33. The summed E-state index contributed by atoms with van der Waals surface area (Å²) in [5.74, 6) is 0. The van der Waals surface area contributed by atoms with Gasteiger partial charge in [0, 0.05) is 11.5 Å². The van der Waals surface area contributed by atoms with Crippen LogP contribution < -0.4 is 0 Å². The Morgan fingerprint density at radius 2 is 2.00 bits per heavy atom. The number of aromatic nitrogens is 1. The van der Waals surface area contributed by atoms with Crippen molar-refractivity contribution < 1.29 is 13.2 Å². The van der Waals surface area contributed by atoms with Crippen molar-refractivity contribution in [2.24, 2.45) is 0 Å². The van der Waals surface area contributed by atoms with Gasteiger partial charge >= 0.3 is 6.18 Å². The Kier molecular flexibility index (Phi) is 3.34. The average Bonchev–Trinajstić information content (AvgIpc) is 2.02. The Bertz CT molecular complexity index is 311. The van der Waals surface area contributed by atoms with Crippen LogP contribution >= 0.6 is 31.9 Å². The Hall–Kier alpha value is -0.100. The van der Waals surface area contributed by atoms with Crippen LogP contribution in [-0.2, 0) is 11.5 Å². The van der Waals surface area contributed by atoms with Crippen molar-refractivity contribution in [3.05, 3.63) is 28.0 Å². The van der Waals surface area contributed by atoms with Crippen molar-refractivity contribution >= 4 is 31.9 Å². The topological polar surface area (TPSA) is 12.9 Å². The van der Waals surface area contributed by atoms with Crippen LogP contribution in [0.15, 0.2) is 16.7 Å². The summed E-state index contributed by atoms with van der Waals surface area (Å²) in [5.41, 5.74) is -0.355. The molecule has 1 nitrogen and oxygen atoms in total. The summed E-state index contributed by atoms with van der Waals surface area (Å²) in [6.07, 6.45) is -3.19. The van der Waals surface area contributed by atoms with Crippen molar-refractivity contribution in [3.8, 4) is 0 Å². The molecule has 13 heavy (non-hydrogen) atoms. The third-order valence-corrected chi connectivity index (χ3v) is 2.81. The van der Waals surface area contributed by atoms with E-state index in [2.05, 4.69) is 36.8 Å². The van der Waals surface area contributed by atoms with E-state index in [9.17, 15) is 13.2 Å². The van der Waals surface area contributed by atoms with Crippen molar-refractivity contribution in [2.45, 2.75) is 11.5 Å². The van der Waals surface area contributed by atoms with E-state index in [1.54, 1.807) is 0 Å². The molecule has 0 fully saturated rings. The number of alkyl halides is 4. The number of halogens is 5. The molecule has 0 unspecified atom stereocenters. The number of nitrogens with zero attached hydrogens (tertiary/aromatic N) is 1. The van der Waals surface area contributed by atoms with E-state index in [1.165, 1.54) is 0 Å². The number of rotatable bonds is 1. The number of hydrogen-bond donors (Lipinski definition) is 0. The number of pyridine rings is 1. The van der Waals surface area contributed by atoms with E-state index in [1.807, 2.05) is 0 Å². The standard InChI is InChI=1S/C7H4Br2F3N/c8-3-5-6(9)4(1-2-13-5)7(10,11)12/h1-2H,3H2. The van der Waals surface area contributed by atoms with Crippen LogP contribution in [0.2, 0.25) is 0 Å². The minimum absolute atomic E-state index is 0.000579. The molecule has 0 aliphatic carbocycles. The minimum Gasteiger partial charge on any atom is -0.259 e. The summed E-state index contributed by atoms with van der Waals surface area (Å²) < 4.78 is 36.9. The molecule has 6 heteroatoms. The van der Waals surface area contributed by atoms with Gasteiger partial charge in [0.05, 0.1) is 15.7 Å². The van der Waals surface area contributed by atoms with Crippen LogP contribution in [0.5, 0.6) is 0 Å². The maximum atomic E-state index is 12.3.